The van der Waals surface area contributed by atoms with Crippen LogP contribution in [0.5, 0.6) is 0 Å². The third-order valence-corrected chi connectivity index (χ3v) is 3.01. The van der Waals surface area contributed by atoms with Crippen LogP contribution >= 0.6 is 11.6 Å². The summed E-state index contributed by atoms with van der Waals surface area (Å²) in [7, 11) is 0. The van der Waals surface area contributed by atoms with Crippen molar-refractivity contribution in [2.24, 2.45) is 11.8 Å². The second kappa shape index (κ2) is 2.67. The molecule has 2 nitrogen and oxygen atoms in total. The van der Waals surface area contributed by atoms with Gasteiger partial charge in [0.05, 0.1) is 0 Å². The molecular weight excluding hydrogens is 164 g/mol. The maximum absolute atomic E-state index is 10.4. The Morgan fingerprint density at radius 2 is 2.18 bits per heavy atom. The smallest absolute Gasteiger partial charge is 0.404 e. The Morgan fingerprint density at radius 3 is 2.64 bits per heavy atom. The van der Waals surface area contributed by atoms with Gasteiger partial charge >= 0.3 is 5.43 Å². The first-order chi connectivity index (χ1) is 5.25. The lowest BCUT2D eigenvalue weighted by atomic mass is 9.98. The number of halogens is 1. The summed E-state index contributed by atoms with van der Waals surface area (Å²) < 4.78 is 4.97. The molecule has 0 aromatic carbocycles. The zero-order chi connectivity index (χ0) is 7.84. The van der Waals surface area contributed by atoms with E-state index in [1.54, 1.807) is 0 Å². The third kappa shape index (κ3) is 1.36. The Bertz CT molecular complexity index is 181. The van der Waals surface area contributed by atoms with Crippen molar-refractivity contribution in [3.8, 4) is 0 Å². The Labute approximate surface area is 70.9 Å². The molecule has 0 radical (unpaired) electrons. The van der Waals surface area contributed by atoms with E-state index in [1.807, 2.05) is 0 Å². The highest BCUT2D eigenvalue weighted by atomic mass is 35.5. The number of carbonyl (C=O) groups is 1. The molecule has 2 bridgehead atoms. The highest BCUT2D eigenvalue weighted by molar-refractivity contribution is 6.61. The van der Waals surface area contributed by atoms with Crippen molar-refractivity contribution >= 4 is 17.0 Å². The van der Waals surface area contributed by atoms with E-state index >= 15 is 0 Å². The van der Waals surface area contributed by atoms with Gasteiger partial charge in [-0.15, -0.1) is 0 Å². The molecule has 62 valence electrons. The molecular formula is C8H11ClO2. The second-order valence-electron chi connectivity index (χ2n) is 3.57. The average Bonchev–Trinajstić information content (AvgIpc) is 2.45. The Kier molecular flexibility index (Phi) is 1.80. The van der Waals surface area contributed by atoms with Gasteiger partial charge in [0.15, 0.2) is 0 Å². The predicted molar refractivity (Wildman–Crippen MR) is 41.6 cm³/mol. The maximum Gasteiger partial charge on any atom is 0.404 e. The molecule has 0 unspecified atom stereocenters. The summed E-state index contributed by atoms with van der Waals surface area (Å²) in [5, 5.41) is 0. The van der Waals surface area contributed by atoms with E-state index in [0.29, 0.717) is 5.92 Å². The van der Waals surface area contributed by atoms with Crippen LogP contribution in [0.2, 0.25) is 0 Å². The van der Waals surface area contributed by atoms with Gasteiger partial charge in [-0.2, -0.15) is 0 Å². The van der Waals surface area contributed by atoms with Crippen LogP contribution in [0.25, 0.3) is 0 Å². The quantitative estimate of drug-likeness (QED) is 0.571. The Balaban J connectivity index is 1.92. The molecule has 2 fully saturated rings. The minimum atomic E-state index is -0.637. The largest absolute Gasteiger partial charge is 0.450 e. The van der Waals surface area contributed by atoms with Gasteiger partial charge in [-0.3, -0.25) is 0 Å². The topological polar surface area (TPSA) is 26.3 Å². The van der Waals surface area contributed by atoms with Gasteiger partial charge in [0.1, 0.15) is 6.10 Å². The first kappa shape index (κ1) is 7.41. The SMILES string of the molecule is O=C(Cl)O[C@@H]1C[C@@H]2CC[C@H]1C2. The molecule has 2 saturated carbocycles. The van der Waals surface area contributed by atoms with Crippen molar-refractivity contribution in [2.75, 3.05) is 0 Å². The van der Waals surface area contributed by atoms with E-state index in [2.05, 4.69) is 0 Å². The lowest BCUT2D eigenvalue weighted by Gasteiger charge is -2.19. The lowest BCUT2D eigenvalue weighted by molar-refractivity contribution is 0.0840. The molecule has 0 heterocycles. The van der Waals surface area contributed by atoms with Crippen LogP contribution in [0.3, 0.4) is 0 Å². The summed E-state index contributed by atoms with van der Waals surface area (Å²) in [4.78, 5) is 10.4. The fourth-order valence-corrected chi connectivity index (χ4v) is 2.56. The summed E-state index contributed by atoms with van der Waals surface area (Å²) in [5.41, 5.74) is -0.637. The van der Waals surface area contributed by atoms with E-state index in [9.17, 15) is 4.79 Å². The minimum Gasteiger partial charge on any atom is -0.450 e. The molecule has 3 heteroatoms. The van der Waals surface area contributed by atoms with E-state index < -0.39 is 5.43 Å². The maximum atomic E-state index is 10.4. The van der Waals surface area contributed by atoms with Crippen molar-refractivity contribution in [2.45, 2.75) is 31.8 Å². The van der Waals surface area contributed by atoms with Gasteiger partial charge in [0, 0.05) is 11.6 Å². The van der Waals surface area contributed by atoms with E-state index in [0.717, 1.165) is 12.3 Å². The van der Waals surface area contributed by atoms with Gasteiger partial charge in [0.2, 0.25) is 0 Å². The highest BCUT2D eigenvalue weighted by Crippen LogP contribution is 2.45. The van der Waals surface area contributed by atoms with Crippen LogP contribution in [0.4, 0.5) is 4.79 Å². The zero-order valence-electron chi connectivity index (χ0n) is 6.25. The van der Waals surface area contributed by atoms with Gasteiger partial charge in [-0.1, -0.05) is 0 Å². The molecule has 0 N–H and O–H groups in total. The van der Waals surface area contributed by atoms with Crippen LogP contribution in [0.1, 0.15) is 25.7 Å². The monoisotopic (exact) mass is 174 g/mol. The lowest BCUT2D eigenvalue weighted by Crippen LogP contribution is -2.21. The number of ether oxygens (including phenoxy) is 1. The number of carbonyl (C=O) groups excluding carboxylic acids is 1. The Morgan fingerprint density at radius 1 is 1.36 bits per heavy atom. The fourth-order valence-electron chi connectivity index (χ4n) is 2.45. The van der Waals surface area contributed by atoms with Crippen LogP contribution in [-0.4, -0.2) is 11.5 Å². The minimum absolute atomic E-state index is 0.138. The number of hydrogen-bond donors (Lipinski definition) is 0. The Hall–Kier alpha value is -0.240. The van der Waals surface area contributed by atoms with E-state index in [4.69, 9.17) is 16.3 Å². The molecule has 2 aliphatic carbocycles. The van der Waals surface area contributed by atoms with Gasteiger partial charge in [0.25, 0.3) is 0 Å². The summed E-state index contributed by atoms with van der Waals surface area (Å²) >= 11 is 5.13. The van der Waals surface area contributed by atoms with Gasteiger partial charge < -0.3 is 4.74 Å². The van der Waals surface area contributed by atoms with Gasteiger partial charge in [-0.25, -0.2) is 4.79 Å². The van der Waals surface area contributed by atoms with Crippen LogP contribution < -0.4 is 0 Å². The first-order valence-electron chi connectivity index (χ1n) is 4.12. The van der Waals surface area contributed by atoms with Crippen LogP contribution in [0.15, 0.2) is 0 Å². The molecule has 0 amide bonds. The molecule has 0 saturated heterocycles. The number of hydrogen-bond acceptors (Lipinski definition) is 2. The van der Waals surface area contributed by atoms with Crippen molar-refractivity contribution in [1.29, 1.82) is 0 Å². The summed E-state index contributed by atoms with van der Waals surface area (Å²) in [6, 6.07) is 0. The molecule has 11 heavy (non-hydrogen) atoms. The molecule has 2 rings (SSSR count). The number of fused-ring (bicyclic) bond motifs is 2. The number of rotatable bonds is 1. The molecule has 0 aromatic heterocycles. The molecule has 2 aliphatic rings. The predicted octanol–water partition coefficient (Wildman–Crippen LogP) is 2.55. The van der Waals surface area contributed by atoms with Crippen molar-refractivity contribution in [3.63, 3.8) is 0 Å². The first-order valence-corrected chi connectivity index (χ1v) is 4.49. The normalized spacial score (nSPS) is 41.0. The average molecular weight is 175 g/mol. The standard InChI is InChI=1S/C8H11ClO2/c9-8(10)11-7-4-5-1-2-6(7)3-5/h5-7H,1-4H2/t5-,6+,7-/m1/s1. The second-order valence-corrected chi connectivity index (χ2v) is 3.88. The van der Waals surface area contributed by atoms with Crippen molar-refractivity contribution in [3.05, 3.63) is 0 Å². The molecule has 0 spiro atoms. The molecule has 3 atom stereocenters. The zero-order valence-corrected chi connectivity index (χ0v) is 7.01. The van der Waals surface area contributed by atoms with E-state index in [1.165, 1.54) is 19.3 Å². The van der Waals surface area contributed by atoms with Crippen molar-refractivity contribution in [1.82, 2.24) is 0 Å². The fraction of sp³-hybridized carbons (Fsp3) is 0.875. The van der Waals surface area contributed by atoms with Crippen molar-refractivity contribution < 1.29 is 9.53 Å². The molecule has 0 aliphatic heterocycles. The van der Waals surface area contributed by atoms with Crippen LogP contribution in [0, 0.1) is 11.8 Å². The van der Waals surface area contributed by atoms with Gasteiger partial charge in [-0.05, 0) is 37.5 Å². The summed E-state index contributed by atoms with van der Waals surface area (Å²) in [5.74, 6) is 1.42. The third-order valence-electron chi connectivity index (χ3n) is 2.92. The summed E-state index contributed by atoms with van der Waals surface area (Å²) in [6.45, 7) is 0. The van der Waals surface area contributed by atoms with E-state index in [-0.39, 0.29) is 6.10 Å². The van der Waals surface area contributed by atoms with Crippen LogP contribution in [-0.2, 0) is 4.74 Å². The summed E-state index contributed by atoms with van der Waals surface area (Å²) in [6.07, 6.45) is 4.97. The molecule has 0 aromatic rings. The highest BCUT2D eigenvalue weighted by Gasteiger charge is 2.41.